The second-order valence-electron chi connectivity index (χ2n) is 4.93. The van der Waals surface area contributed by atoms with Crippen LogP contribution < -0.4 is 5.56 Å². The molecular weight excluding hydrogens is 292 g/mol. The van der Waals surface area contributed by atoms with E-state index in [0.29, 0.717) is 23.5 Å². The standard InChI is InChI=1S/C18H18N2O3/c1-4-11-20-17(13-9-7-6-8-10-13)19-15(5-2)14(18(20)22)12-16(21)23-3/h1,6-10H,5,11-12H2,2-3H3. The Morgan fingerprint density at radius 1 is 1.35 bits per heavy atom. The molecule has 5 nitrogen and oxygen atoms in total. The first kappa shape index (κ1) is 16.5. The van der Waals surface area contributed by atoms with E-state index in [4.69, 9.17) is 6.42 Å². The third kappa shape index (κ3) is 3.49. The van der Waals surface area contributed by atoms with Crippen LogP contribution in [0.25, 0.3) is 11.4 Å². The lowest BCUT2D eigenvalue weighted by atomic mass is 10.1. The first-order valence-electron chi connectivity index (χ1n) is 7.30. The highest BCUT2D eigenvalue weighted by molar-refractivity contribution is 5.72. The maximum Gasteiger partial charge on any atom is 0.310 e. The molecule has 0 unspecified atom stereocenters. The van der Waals surface area contributed by atoms with Crippen LogP contribution in [0.2, 0.25) is 0 Å². The Labute approximate surface area is 134 Å². The highest BCUT2D eigenvalue weighted by Gasteiger charge is 2.18. The first-order valence-corrected chi connectivity index (χ1v) is 7.30. The minimum atomic E-state index is -0.474. The Morgan fingerprint density at radius 3 is 2.61 bits per heavy atom. The van der Waals surface area contributed by atoms with Crippen molar-refractivity contribution in [2.24, 2.45) is 0 Å². The van der Waals surface area contributed by atoms with E-state index in [0.717, 1.165) is 5.56 Å². The molecule has 2 rings (SSSR count). The molecule has 0 spiro atoms. The monoisotopic (exact) mass is 310 g/mol. The average molecular weight is 310 g/mol. The SMILES string of the molecule is C#CCn1c(-c2ccccc2)nc(CC)c(CC(=O)OC)c1=O. The van der Waals surface area contributed by atoms with Crippen molar-refractivity contribution < 1.29 is 9.53 Å². The molecule has 0 N–H and O–H groups in total. The van der Waals surface area contributed by atoms with Gasteiger partial charge < -0.3 is 4.74 Å². The second kappa shape index (κ2) is 7.41. The molecule has 0 aliphatic carbocycles. The molecule has 1 heterocycles. The van der Waals surface area contributed by atoms with Gasteiger partial charge >= 0.3 is 5.97 Å². The number of terminal acetylenes is 1. The van der Waals surface area contributed by atoms with E-state index in [9.17, 15) is 9.59 Å². The summed E-state index contributed by atoms with van der Waals surface area (Å²) in [5, 5.41) is 0. The third-order valence-electron chi connectivity index (χ3n) is 3.51. The summed E-state index contributed by atoms with van der Waals surface area (Å²) >= 11 is 0. The molecule has 0 aliphatic heterocycles. The summed E-state index contributed by atoms with van der Waals surface area (Å²) in [5.74, 6) is 2.51. The molecule has 0 atom stereocenters. The normalized spacial score (nSPS) is 10.1. The zero-order valence-corrected chi connectivity index (χ0v) is 13.2. The second-order valence-corrected chi connectivity index (χ2v) is 4.93. The Hall–Kier alpha value is -2.87. The zero-order chi connectivity index (χ0) is 16.8. The van der Waals surface area contributed by atoms with Gasteiger partial charge in [-0.25, -0.2) is 4.98 Å². The number of carbonyl (C=O) groups is 1. The highest BCUT2D eigenvalue weighted by atomic mass is 16.5. The van der Waals surface area contributed by atoms with E-state index in [1.807, 2.05) is 37.3 Å². The number of aromatic nitrogens is 2. The summed E-state index contributed by atoms with van der Waals surface area (Å²) in [4.78, 5) is 29.0. The number of carbonyl (C=O) groups excluding carboxylic acids is 1. The van der Waals surface area contributed by atoms with Crippen LogP contribution in [0.3, 0.4) is 0 Å². The number of nitrogens with zero attached hydrogens (tertiary/aromatic N) is 2. The van der Waals surface area contributed by atoms with Crippen molar-refractivity contribution in [1.29, 1.82) is 0 Å². The number of ether oxygens (including phenoxy) is 1. The smallest absolute Gasteiger partial charge is 0.310 e. The summed E-state index contributed by atoms with van der Waals surface area (Å²) < 4.78 is 6.09. The Morgan fingerprint density at radius 2 is 2.04 bits per heavy atom. The van der Waals surface area contributed by atoms with Gasteiger partial charge in [0.15, 0.2) is 0 Å². The van der Waals surface area contributed by atoms with E-state index >= 15 is 0 Å². The Balaban J connectivity index is 2.70. The van der Waals surface area contributed by atoms with Crippen molar-refractivity contribution in [3.8, 4) is 23.7 Å². The van der Waals surface area contributed by atoms with E-state index in [1.54, 1.807) is 0 Å². The molecule has 118 valence electrons. The van der Waals surface area contributed by atoms with Crippen molar-refractivity contribution in [3.63, 3.8) is 0 Å². The molecule has 0 saturated heterocycles. The summed E-state index contributed by atoms with van der Waals surface area (Å²) in [7, 11) is 1.29. The lowest BCUT2D eigenvalue weighted by Gasteiger charge is -2.15. The predicted octanol–water partition coefficient (Wildman–Crippen LogP) is 1.82. The van der Waals surface area contributed by atoms with Gasteiger partial charge in [-0.1, -0.05) is 43.2 Å². The topological polar surface area (TPSA) is 61.2 Å². The molecule has 2 aromatic rings. The van der Waals surface area contributed by atoms with Crippen LogP contribution in [0.5, 0.6) is 0 Å². The van der Waals surface area contributed by atoms with Crippen LogP contribution >= 0.6 is 0 Å². The summed E-state index contributed by atoms with van der Waals surface area (Å²) in [6, 6.07) is 9.37. The quantitative estimate of drug-likeness (QED) is 0.624. The largest absolute Gasteiger partial charge is 0.469 e. The van der Waals surface area contributed by atoms with Crippen LogP contribution in [0.1, 0.15) is 18.2 Å². The number of rotatable bonds is 5. The average Bonchev–Trinajstić information content (AvgIpc) is 2.59. The van der Waals surface area contributed by atoms with Gasteiger partial charge in [-0.15, -0.1) is 6.42 Å². The van der Waals surface area contributed by atoms with Crippen molar-refractivity contribution in [1.82, 2.24) is 9.55 Å². The zero-order valence-electron chi connectivity index (χ0n) is 13.2. The van der Waals surface area contributed by atoms with Crippen molar-refractivity contribution in [2.45, 2.75) is 26.3 Å². The maximum atomic E-state index is 12.8. The molecule has 1 aromatic heterocycles. The van der Waals surface area contributed by atoms with E-state index < -0.39 is 5.97 Å². The Kier molecular flexibility index (Phi) is 5.32. The number of aryl methyl sites for hydroxylation is 1. The number of hydrogen-bond acceptors (Lipinski definition) is 4. The molecular formula is C18H18N2O3. The minimum Gasteiger partial charge on any atom is -0.469 e. The fourth-order valence-corrected chi connectivity index (χ4v) is 2.37. The lowest BCUT2D eigenvalue weighted by molar-refractivity contribution is -0.139. The number of hydrogen-bond donors (Lipinski definition) is 0. The molecule has 23 heavy (non-hydrogen) atoms. The van der Waals surface area contributed by atoms with Gasteiger partial charge in [0, 0.05) is 5.56 Å². The minimum absolute atomic E-state index is 0.0915. The van der Waals surface area contributed by atoms with Gasteiger partial charge in [0.05, 0.1) is 31.3 Å². The molecule has 0 saturated carbocycles. The first-order chi connectivity index (χ1) is 11.1. The molecule has 5 heteroatoms. The van der Waals surface area contributed by atoms with E-state index in [-0.39, 0.29) is 18.5 Å². The van der Waals surface area contributed by atoms with Crippen LogP contribution in [-0.4, -0.2) is 22.6 Å². The molecule has 0 amide bonds. The van der Waals surface area contributed by atoms with Crippen LogP contribution in [0.4, 0.5) is 0 Å². The molecule has 0 aliphatic rings. The van der Waals surface area contributed by atoms with Gasteiger partial charge in [0.2, 0.25) is 0 Å². The van der Waals surface area contributed by atoms with Crippen molar-refractivity contribution in [2.75, 3.05) is 7.11 Å². The van der Waals surface area contributed by atoms with Gasteiger partial charge in [-0.2, -0.15) is 0 Å². The summed E-state index contributed by atoms with van der Waals surface area (Å²) in [6.07, 6.45) is 5.83. The van der Waals surface area contributed by atoms with E-state index in [1.165, 1.54) is 11.7 Å². The fraction of sp³-hybridized carbons (Fsp3) is 0.278. The Bertz CT molecular complexity index is 801. The van der Waals surface area contributed by atoms with Crippen molar-refractivity contribution >= 4 is 5.97 Å². The van der Waals surface area contributed by atoms with Gasteiger partial charge in [-0.3, -0.25) is 14.2 Å². The van der Waals surface area contributed by atoms with Gasteiger partial charge in [0.1, 0.15) is 5.82 Å². The number of methoxy groups -OCH3 is 1. The van der Waals surface area contributed by atoms with Crippen LogP contribution in [0, 0.1) is 12.3 Å². The predicted molar refractivity (Wildman–Crippen MR) is 87.9 cm³/mol. The van der Waals surface area contributed by atoms with Crippen LogP contribution in [0.15, 0.2) is 35.1 Å². The van der Waals surface area contributed by atoms with Gasteiger partial charge in [-0.05, 0) is 6.42 Å². The van der Waals surface area contributed by atoms with Crippen molar-refractivity contribution in [3.05, 3.63) is 51.9 Å². The molecule has 0 fully saturated rings. The molecule has 0 bridgehead atoms. The summed E-state index contributed by atoms with van der Waals surface area (Å²) in [5.41, 5.74) is 1.44. The fourth-order valence-electron chi connectivity index (χ4n) is 2.37. The third-order valence-corrected chi connectivity index (χ3v) is 3.51. The maximum absolute atomic E-state index is 12.8. The summed E-state index contributed by atoms with van der Waals surface area (Å²) in [6.45, 7) is 1.98. The highest BCUT2D eigenvalue weighted by Crippen LogP contribution is 2.17. The van der Waals surface area contributed by atoms with E-state index in [2.05, 4.69) is 15.6 Å². The van der Waals surface area contributed by atoms with Gasteiger partial charge in [0.25, 0.3) is 5.56 Å². The molecule has 1 aromatic carbocycles. The molecule has 0 radical (unpaired) electrons. The number of benzene rings is 1. The lowest BCUT2D eigenvalue weighted by Crippen LogP contribution is -2.30. The number of esters is 1. The van der Waals surface area contributed by atoms with Crippen LogP contribution in [-0.2, 0) is 28.9 Å².